The first-order chi connectivity index (χ1) is 17.6. The zero-order chi connectivity index (χ0) is 24.9. The molecular weight excluding hydrogens is 456 g/mol. The Labute approximate surface area is 208 Å². The first-order valence-electron chi connectivity index (χ1n) is 12.1. The van der Waals surface area contributed by atoms with Crippen LogP contribution >= 0.6 is 0 Å². The highest BCUT2D eigenvalue weighted by molar-refractivity contribution is 5.80. The van der Waals surface area contributed by atoms with Gasteiger partial charge in [0.15, 0.2) is 0 Å². The Morgan fingerprint density at radius 1 is 1.00 bits per heavy atom. The van der Waals surface area contributed by atoms with E-state index in [4.69, 9.17) is 9.72 Å². The molecule has 36 heavy (non-hydrogen) atoms. The molecule has 3 aromatic carbocycles. The molecule has 1 aromatic heterocycles. The highest BCUT2D eigenvalue weighted by Gasteiger charge is 2.22. The van der Waals surface area contributed by atoms with Crippen LogP contribution in [0, 0.1) is 10.1 Å². The van der Waals surface area contributed by atoms with Crippen molar-refractivity contribution in [2.75, 3.05) is 0 Å². The highest BCUT2D eigenvalue weighted by Crippen LogP contribution is 2.31. The smallest absolute Gasteiger partial charge is 0.282 e. The molecule has 1 heterocycles. The summed E-state index contributed by atoms with van der Waals surface area (Å²) in [7, 11) is 0. The Morgan fingerprint density at radius 2 is 1.72 bits per heavy atom. The standard InChI is InChI=1S/C28H26N4O4/c33-28-25-8-4-5-9-26(25)30-27(22-6-2-1-3-7-22)31(28)29-18-20-12-16-24(17-13-20)36-19-21-10-14-23(15-11-21)32(34)35/h4-5,8-18,22H,1-3,6-7,19H2. The summed E-state index contributed by atoms with van der Waals surface area (Å²) in [5.41, 5.74) is 2.27. The summed E-state index contributed by atoms with van der Waals surface area (Å²) in [6.07, 6.45) is 7.19. The van der Waals surface area contributed by atoms with Crippen molar-refractivity contribution >= 4 is 22.8 Å². The number of ether oxygens (including phenoxy) is 1. The normalized spacial score (nSPS) is 14.3. The quantitative estimate of drug-likeness (QED) is 0.188. The maximum absolute atomic E-state index is 13.3. The summed E-state index contributed by atoms with van der Waals surface area (Å²) in [5.74, 6) is 1.62. The number of benzene rings is 3. The lowest BCUT2D eigenvalue weighted by atomic mass is 9.88. The average molecular weight is 483 g/mol. The Bertz CT molecular complexity index is 1450. The fourth-order valence-electron chi connectivity index (χ4n) is 4.53. The number of hydrogen-bond acceptors (Lipinski definition) is 6. The SMILES string of the molecule is O=c1c2ccccc2nc(C2CCCCC2)n1N=Cc1ccc(OCc2ccc([N+](=O)[O-])cc2)cc1. The van der Waals surface area contributed by atoms with Gasteiger partial charge in [0, 0.05) is 18.1 Å². The van der Waals surface area contributed by atoms with E-state index >= 15 is 0 Å². The third-order valence-electron chi connectivity index (χ3n) is 6.50. The van der Waals surface area contributed by atoms with Crippen molar-refractivity contribution in [3.8, 4) is 5.75 Å². The summed E-state index contributed by atoms with van der Waals surface area (Å²) in [6.45, 7) is 0.300. The summed E-state index contributed by atoms with van der Waals surface area (Å²) in [6, 6.07) is 21.1. The van der Waals surface area contributed by atoms with E-state index in [1.807, 2.05) is 42.5 Å². The van der Waals surface area contributed by atoms with Crippen LogP contribution in [0.5, 0.6) is 5.75 Å². The maximum atomic E-state index is 13.3. The van der Waals surface area contributed by atoms with Gasteiger partial charge in [0.2, 0.25) is 0 Å². The van der Waals surface area contributed by atoms with Crippen molar-refractivity contribution in [1.82, 2.24) is 9.66 Å². The van der Waals surface area contributed by atoms with Gasteiger partial charge in [0.1, 0.15) is 18.2 Å². The van der Waals surface area contributed by atoms with Gasteiger partial charge in [-0.15, -0.1) is 0 Å². The first kappa shape index (κ1) is 23.4. The molecule has 0 aliphatic heterocycles. The van der Waals surface area contributed by atoms with Crippen LogP contribution in [0.25, 0.3) is 10.9 Å². The molecule has 0 bridgehead atoms. The first-order valence-corrected chi connectivity index (χ1v) is 12.1. The molecule has 1 aliphatic carbocycles. The van der Waals surface area contributed by atoms with Crippen LogP contribution in [0.1, 0.15) is 55.0 Å². The highest BCUT2D eigenvalue weighted by atomic mass is 16.6. The number of non-ortho nitro benzene ring substituents is 1. The number of aromatic nitrogens is 2. The molecule has 5 rings (SSSR count). The van der Waals surface area contributed by atoms with E-state index in [1.54, 1.807) is 24.4 Å². The zero-order valence-electron chi connectivity index (χ0n) is 19.7. The minimum atomic E-state index is -0.425. The fraction of sp³-hybridized carbons (Fsp3) is 0.250. The van der Waals surface area contributed by atoms with Crippen LogP contribution in [-0.4, -0.2) is 20.8 Å². The molecule has 0 spiro atoms. The monoisotopic (exact) mass is 482 g/mol. The molecule has 1 aliphatic rings. The second-order valence-electron chi connectivity index (χ2n) is 8.96. The number of rotatable bonds is 7. The minimum absolute atomic E-state index is 0.0507. The third-order valence-corrected chi connectivity index (χ3v) is 6.50. The molecule has 0 unspecified atom stereocenters. The van der Waals surface area contributed by atoms with Gasteiger partial charge >= 0.3 is 0 Å². The predicted octanol–water partition coefficient (Wildman–Crippen LogP) is 5.81. The molecule has 8 heteroatoms. The maximum Gasteiger partial charge on any atom is 0.282 e. The van der Waals surface area contributed by atoms with Crippen molar-refractivity contribution in [2.45, 2.75) is 44.6 Å². The lowest BCUT2D eigenvalue weighted by Crippen LogP contribution is -2.25. The molecule has 1 saturated carbocycles. The molecular formula is C28H26N4O4. The number of hydrogen-bond donors (Lipinski definition) is 0. The zero-order valence-corrected chi connectivity index (χ0v) is 19.7. The Kier molecular flexibility index (Phi) is 6.84. The Hall–Kier alpha value is -4.33. The van der Waals surface area contributed by atoms with Crippen molar-refractivity contribution in [3.63, 3.8) is 0 Å². The number of fused-ring (bicyclic) bond motifs is 1. The van der Waals surface area contributed by atoms with Gasteiger partial charge in [0.05, 0.1) is 22.0 Å². The van der Waals surface area contributed by atoms with Crippen molar-refractivity contribution in [2.24, 2.45) is 5.10 Å². The molecule has 0 N–H and O–H groups in total. The molecule has 1 fully saturated rings. The van der Waals surface area contributed by atoms with Gasteiger partial charge < -0.3 is 4.74 Å². The second kappa shape index (κ2) is 10.5. The van der Waals surface area contributed by atoms with Crippen LogP contribution in [0.2, 0.25) is 0 Å². The fourth-order valence-corrected chi connectivity index (χ4v) is 4.53. The average Bonchev–Trinajstić information content (AvgIpc) is 2.92. The van der Waals surface area contributed by atoms with Gasteiger partial charge in [-0.25, -0.2) is 4.98 Å². The van der Waals surface area contributed by atoms with Crippen LogP contribution in [0.3, 0.4) is 0 Å². The summed E-state index contributed by atoms with van der Waals surface area (Å²) < 4.78 is 7.27. The van der Waals surface area contributed by atoms with Crippen LogP contribution < -0.4 is 10.3 Å². The van der Waals surface area contributed by atoms with Crippen LogP contribution in [0.4, 0.5) is 5.69 Å². The summed E-state index contributed by atoms with van der Waals surface area (Å²) in [4.78, 5) is 28.5. The molecule has 0 radical (unpaired) electrons. The van der Waals surface area contributed by atoms with Crippen molar-refractivity contribution in [3.05, 3.63) is 110 Å². The van der Waals surface area contributed by atoms with E-state index < -0.39 is 4.92 Å². The number of nitro benzene ring substituents is 1. The van der Waals surface area contributed by atoms with E-state index in [0.29, 0.717) is 23.3 Å². The van der Waals surface area contributed by atoms with Gasteiger partial charge in [-0.05, 0) is 72.5 Å². The summed E-state index contributed by atoms with van der Waals surface area (Å²) in [5, 5.41) is 15.9. The van der Waals surface area contributed by atoms with Gasteiger partial charge in [-0.1, -0.05) is 31.4 Å². The predicted molar refractivity (Wildman–Crippen MR) is 139 cm³/mol. The molecule has 0 amide bonds. The molecule has 0 saturated heterocycles. The second-order valence-corrected chi connectivity index (χ2v) is 8.96. The van der Waals surface area contributed by atoms with E-state index in [9.17, 15) is 14.9 Å². The van der Waals surface area contributed by atoms with E-state index in [0.717, 1.165) is 42.6 Å². The van der Waals surface area contributed by atoms with E-state index in [2.05, 4.69) is 5.10 Å². The van der Waals surface area contributed by atoms with Gasteiger partial charge in [-0.2, -0.15) is 9.78 Å². The lowest BCUT2D eigenvalue weighted by molar-refractivity contribution is -0.384. The minimum Gasteiger partial charge on any atom is -0.489 e. The van der Waals surface area contributed by atoms with Gasteiger partial charge in [-0.3, -0.25) is 14.9 Å². The number of nitro groups is 1. The Balaban J connectivity index is 1.34. The third kappa shape index (κ3) is 5.17. The lowest BCUT2D eigenvalue weighted by Gasteiger charge is -2.22. The van der Waals surface area contributed by atoms with Crippen molar-refractivity contribution < 1.29 is 9.66 Å². The van der Waals surface area contributed by atoms with Crippen molar-refractivity contribution in [1.29, 1.82) is 0 Å². The Morgan fingerprint density at radius 3 is 2.44 bits per heavy atom. The molecule has 182 valence electrons. The summed E-state index contributed by atoms with van der Waals surface area (Å²) >= 11 is 0. The molecule has 0 atom stereocenters. The number of para-hydroxylation sites is 1. The van der Waals surface area contributed by atoms with Crippen LogP contribution in [0.15, 0.2) is 82.7 Å². The molecule has 8 nitrogen and oxygen atoms in total. The van der Waals surface area contributed by atoms with Crippen LogP contribution in [-0.2, 0) is 6.61 Å². The van der Waals surface area contributed by atoms with Gasteiger partial charge in [0.25, 0.3) is 11.2 Å². The van der Waals surface area contributed by atoms with E-state index in [1.165, 1.54) is 23.2 Å². The largest absolute Gasteiger partial charge is 0.489 e. The van der Waals surface area contributed by atoms with E-state index in [-0.39, 0.29) is 17.2 Å². The number of nitrogens with zero attached hydrogens (tertiary/aromatic N) is 4. The topological polar surface area (TPSA) is 99.6 Å². The molecule has 4 aromatic rings.